The maximum Gasteiger partial charge on any atom is 0.241 e. The van der Waals surface area contributed by atoms with E-state index in [4.69, 9.17) is 10.5 Å². The largest absolute Gasteiger partial charge is 0.386 e. The minimum Gasteiger partial charge on any atom is -0.386 e. The van der Waals surface area contributed by atoms with E-state index in [0.29, 0.717) is 38.1 Å². The molecule has 1 saturated heterocycles. The molecule has 2 aromatic heterocycles. The van der Waals surface area contributed by atoms with Crippen LogP contribution >= 0.6 is 0 Å². The van der Waals surface area contributed by atoms with Gasteiger partial charge in [-0.05, 0) is 0 Å². The van der Waals surface area contributed by atoms with Crippen LogP contribution in [0.15, 0.2) is 18.7 Å². The number of nitrogens with zero attached hydrogens (tertiary/aromatic N) is 5. The zero-order chi connectivity index (χ0) is 14.0. The van der Waals surface area contributed by atoms with Crippen molar-refractivity contribution in [1.82, 2.24) is 24.5 Å². The van der Waals surface area contributed by atoms with Crippen molar-refractivity contribution in [2.24, 2.45) is 0 Å². The van der Waals surface area contributed by atoms with Crippen molar-refractivity contribution in [3.63, 3.8) is 0 Å². The van der Waals surface area contributed by atoms with Gasteiger partial charge in [0.05, 0.1) is 6.61 Å². The lowest BCUT2D eigenvalue weighted by Gasteiger charge is -2.20. The molecule has 106 valence electrons. The fourth-order valence-electron chi connectivity index (χ4n) is 1.93. The van der Waals surface area contributed by atoms with E-state index in [0.717, 1.165) is 0 Å². The quantitative estimate of drug-likeness (QED) is 0.663. The maximum atomic E-state index is 10.2. The molecular weight excluding hydrogens is 262 g/mol. The first-order valence-electron chi connectivity index (χ1n) is 6.19. The van der Waals surface area contributed by atoms with Gasteiger partial charge < -0.3 is 20.9 Å². The summed E-state index contributed by atoms with van der Waals surface area (Å²) in [4.78, 5) is 16.2. The standard InChI is InChI=1S/C11H15N7O2/c12-8-15-9(14-5-11(19)1-4-20-6-11)17-10(16-8)18-3-2-13-7-18/h2-3,7,19H,1,4-6H2,(H3,12,14,15,16,17). The van der Waals surface area contributed by atoms with Crippen LogP contribution in [0.25, 0.3) is 5.95 Å². The summed E-state index contributed by atoms with van der Waals surface area (Å²) in [5.74, 6) is 0.773. The molecule has 9 nitrogen and oxygen atoms in total. The van der Waals surface area contributed by atoms with E-state index in [1.54, 1.807) is 23.3 Å². The van der Waals surface area contributed by atoms with Gasteiger partial charge in [0.25, 0.3) is 0 Å². The van der Waals surface area contributed by atoms with Crippen LogP contribution in [0, 0.1) is 0 Å². The molecule has 0 aliphatic carbocycles. The smallest absolute Gasteiger partial charge is 0.241 e. The third kappa shape index (κ3) is 2.68. The van der Waals surface area contributed by atoms with E-state index in [1.807, 2.05) is 0 Å². The van der Waals surface area contributed by atoms with Gasteiger partial charge in [-0.1, -0.05) is 0 Å². The van der Waals surface area contributed by atoms with Crippen molar-refractivity contribution < 1.29 is 9.84 Å². The highest BCUT2D eigenvalue weighted by atomic mass is 16.5. The Bertz CT molecular complexity index is 580. The molecule has 4 N–H and O–H groups in total. The number of imidazole rings is 1. The number of rotatable bonds is 4. The van der Waals surface area contributed by atoms with Crippen LogP contribution in [0.4, 0.5) is 11.9 Å². The summed E-state index contributed by atoms with van der Waals surface area (Å²) < 4.78 is 6.80. The Hall–Kier alpha value is -2.26. The number of anilines is 2. The van der Waals surface area contributed by atoms with Gasteiger partial charge in [0, 0.05) is 32.0 Å². The van der Waals surface area contributed by atoms with Gasteiger partial charge in [-0.3, -0.25) is 4.57 Å². The molecule has 1 atom stereocenters. The summed E-state index contributed by atoms with van der Waals surface area (Å²) in [6, 6.07) is 0. The van der Waals surface area contributed by atoms with Gasteiger partial charge in [0.2, 0.25) is 17.8 Å². The van der Waals surface area contributed by atoms with Gasteiger partial charge in [0.1, 0.15) is 11.9 Å². The molecule has 3 rings (SSSR count). The number of hydrogen-bond donors (Lipinski definition) is 3. The molecule has 0 spiro atoms. The van der Waals surface area contributed by atoms with Crippen molar-refractivity contribution in [2.75, 3.05) is 30.8 Å². The Morgan fingerprint density at radius 2 is 2.35 bits per heavy atom. The van der Waals surface area contributed by atoms with Crippen LogP contribution in [0.2, 0.25) is 0 Å². The lowest BCUT2D eigenvalue weighted by atomic mass is 10.0. The second-order valence-corrected chi connectivity index (χ2v) is 4.67. The van der Waals surface area contributed by atoms with Gasteiger partial charge in [-0.2, -0.15) is 15.0 Å². The average Bonchev–Trinajstić information content (AvgIpc) is 3.08. The second-order valence-electron chi connectivity index (χ2n) is 4.67. The lowest BCUT2D eigenvalue weighted by Crippen LogP contribution is -2.37. The number of nitrogen functional groups attached to an aromatic ring is 1. The summed E-state index contributed by atoms with van der Waals surface area (Å²) in [6.07, 6.45) is 5.47. The zero-order valence-electron chi connectivity index (χ0n) is 10.7. The van der Waals surface area contributed by atoms with Crippen LogP contribution in [0.5, 0.6) is 0 Å². The molecule has 1 aliphatic rings. The predicted octanol–water partition coefficient (Wildman–Crippen LogP) is -0.797. The van der Waals surface area contributed by atoms with Crippen LogP contribution in [0.3, 0.4) is 0 Å². The van der Waals surface area contributed by atoms with E-state index in [2.05, 4.69) is 25.3 Å². The number of aliphatic hydroxyl groups is 1. The normalized spacial score (nSPS) is 22.1. The van der Waals surface area contributed by atoms with E-state index in [9.17, 15) is 5.11 Å². The Kier molecular flexibility index (Phi) is 3.20. The minimum absolute atomic E-state index is 0.0980. The molecule has 0 radical (unpaired) electrons. The molecule has 0 bridgehead atoms. The molecule has 1 unspecified atom stereocenters. The summed E-state index contributed by atoms with van der Waals surface area (Å²) in [5, 5.41) is 13.1. The highest BCUT2D eigenvalue weighted by molar-refractivity contribution is 5.35. The molecule has 3 heterocycles. The molecule has 20 heavy (non-hydrogen) atoms. The molecule has 0 saturated carbocycles. The third-order valence-electron chi connectivity index (χ3n) is 3.03. The van der Waals surface area contributed by atoms with Crippen molar-refractivity contribution >= 4 is 11.9 Å². The number of nitrogens with two attached hydrogens (primary N) is 1. The van der Waals surface area contributed by atoms with Gasteiger partial charge in [-0.25, -0.2) is 4.98 Å². The highest BCUT2D eigenvalue weighted by Crippen LogP contribution is 2.18. The Morgan fingerprint density at radius 3 is 3.05 bits per heavy atom. The molecule has 1 fully saturated rings. The molecular formula is C11H15N7O2. The highest BCUT2D eigenvalue weighted by Gasteiger charge is 2.32. The third-order valence-corrected chi connectivity index (χ3v) is 3.03. The van der Waals surface area contributed by atoms with Crippen molar-refractivity contribution in [1.29, 1.82) is 0 Å². The summed E-state index contributed by atoms with van der Waals surface area (Å²) in [5.41, 5.74) is 4.77. The first-order valence-corrected chi connectivity index (χ1v) is 6.19. The van der Waals surface area contributed by atoms with Crippen molar-refractivity contribution in [3.05, 3.63) is 18.7 Å². The minimum atomic E-state index is -0.892. The SMILES string of the molecule is Nc1nc(NCC2(O)CCOC2)nc(-n2ccnc2)n1. The fraction of sp³-hybridized carbons (Fsp3) is 0.455. The number of hydrogen-bond acceptors (Lipinski definition) is 8. The fourth-order valence-corrected chi connectivity index (χ4v) is 1.93. The van der Waals surface area contributed by atoms with Crippen LogP contribution in [-0.2, 0) is 4.74 Å². The van der Waals surface area contributed by atoms with E-state index >= 15 is 0 Å². The van der Waals surface area contributed by atoms with Gasteiger partial charge in [-0.15, -0.1) is 0 Å². The Morgan fingerprint density at radius 1 is 1.45 bits per heavy atom. The number of nitrogens with one attached hydrogen (secondary N) is 1. The van der Waals surface area contributed by atoms with Crippen molar-refractivity contribution in [3.8, 4) is 5.95 Å². The Balaban J connectivity index is 1.76. The zero-order valence-corrected chi connectivity index (χ0v) is 10.7. The summed E-state index contributed by atoms with van der Waals surface area (Å²) in [6.45, 7) is 1.15. The Labute approximate surface area is 114 Å². The molecule has 0 amide bonds. The number of ether oxygens (including phenoxy) is 1. The number of aromatic nitrogens is 5. The van der Waals surface area contributed by atoms with Crippen LogP contribution < -0.4 is 11.1 Å². The maximum absolute atomic E-state index is 10.2. The summed E-state index contributed by atoms with van der Waals surface area (Å²) in [7, 11) is 0. The van der Waals surface area contributed by atoms with E-state index in [-0.39, 0.29) is 5.95 Å². The second kappa shape index (κ2) is 5.02. The molecule has 2 aromatic rings. The van der Waals surface area contributed by atoms with Crippen molar-refractivity contribution in [2.45, 2.75) is 12.0 Å². The monoisotopic (exact) mass is 277 g/mol. The van der Waals surface area contributed by atoms with Crippen LogP contribution in [-0.4, -0.2) is 55.0 Å². The molecule has 1 aliphatic heterocycles. The lowest BCUT2D eigenvalue weighted by molar-refractivity contribution is 0.0380. The topological polar surface area (TPSA) is 124 Å². The van der Waals surface area contributed by atoms with E-state index in [1.165, 1.54) is 0 Å². The first kappa shape index (κ1) is 12.8. The average molecular weight is 277 g/mol. The molecule has 9 heteroatoms. The first-order chi connectivity index (χ1) is 9.65. The van der Waals surface area contributed by atoms with Gasteiger partial charge >= 0.3 is 0 Å². The molecule has 0 aromatic carbocycles. The summed E-state index contributed by atoms with van der Waals surface area (Å²) >= 11 is 0. The predicted molar refractivity (Wildman–Crippen MR) is 70.2 cm³/mol. The van der Waals surface area contributed by atoms with E-state index < -0.39 is 5.60 Å². The van der Waals surface area contributed by atoms with Gasteiger partial charge in [0.15, 0.2) is 0 Å². The van der Waals surface area contributed by atoms with Crippen LogP contribution in [0.1, 0.15) is 6.42 Å².